The topological polar surface area (TPSA) is 92.5 Å². The highest BCUT2D eigenvalue weighted by molar-refractivity contribution is 7.92. The van der Waals surface area contributed by atoms with E-state index in [0.717, 1.165) is 19.3 Å². The fourth-order valence-electron chi connectivity index (χ4n) is 2.68. The lowest BCUT2D eigenvalue weighted by Gasteiger charge is -2.20. The number of nitrogens with one attached hydrogen (secondary N) is 1. The second-order valence-electron chi connectivity index (χ2n) is 6.38. The van der Waals surface area contributed by atoms with Gasteiger partial charge in [0.15, 0.2) is 0 Å². The maximum absolute atomic E-state index is 12.8. The summed E-state index contributed by atoms with van der Waals surface area (Å²) in [6, 6.07) is 14.7. The number of sulfonamides is 1. The fraction of sp³-hybridized carbons (Fsp3) is 0.350. The molecule has 1 amide bonds. The van der Waals surface area contributed by atoms with Crippen molar-refractivity contribution in [3.63, 3.8) is 0 Å². The highest BCUT2D eigenvalue weighted by Gasteiger charge is 2.21. The number of carbonyl (C=O) groups excluding carboxylic acids is 1. The average Bonchev–Trinajstić information content (AvgIpc) is 2.71. The lowest BCUT2D eigenvalue weighted by atomic mass is 10.1. The van der Waals surface area contributed by atoms with Gasteiger partial charge in [-0.25, -0.2) is 8.42 Å². The van der Waals surface area contributed by atoms with Gasteiger partial charge >= 0.3 is 0 Å². The van der Waals surface area contributed by atoms with E-state index in [0.29, 0.717) is 17.8 Å². The first-order chi connectivity index (χ1) is 12.9. The number of hydrogen-bond donors (Lipinski definition) is 2. The summed E-state index contributed by atoms with van der Waals surface area (Å²) in [6.45, 7) is 2.46. The average molecular weight is 390 g/mol. The summed E-state index contributed by atoms with van der Waals surface area (Å²) in [5, 5.41) is 2.90. The first kappa shape index (κ1) is 20.9. The minimum atomic E-state index is -3.69. The van der Waals surface area contributed by atoms with Crippen molar-refractivity contribution in [1.82, 2.24) is 5.32 Å². The SMILES string of the molecule is CCCCC(CN)NC(=O)c1ccc(S(=O)(=O)N(C)c2ccccc2)cc1. The van der Waals surface area contributed by atoms with E-state index in [1.54, 1.807) is 24.3 Å². The summed E-state index contributed by atoms with van der Waals surface area (Å²) in [6.07, 6.45) is 2.85. The first-order valence-electron chi connectivity index (χ1n) is 9.05. The molecule has 0 fully saturated rings. The molecule has 7 heteroatoms. The number of para-hydroxylation sites is 1. The largest absolute Gasteiger partial charge is 0.348 e. The van der Waals surface area contributed by atoms with E-state index >= 15 is 0 Å². The summed E-state index contributed by atoms with van der Waals surface area (Å²) in [5.41, 5.74) is 6.69. The molecular weight excluding hydrogens is 362 g/mol. The number of nitrogens with two attached hydrogens (primary N) is 1. The monoisotopic (exact) mass is 389 g/mol. The standard InChI is InChI=1S/C20H27N3O3S/c1-3-4-8-17(15-21)22-20(24)16-11-13-19(14-12-16)27(25,26)23(2)18-9-6-5-7-10-18/h5-7,9-14,17H,3-4,8,15,21H2,1-2H3,(H,22,24). The predicted molar refractivity (Wildman–Crippen MR) is 108 cm³/mol. The highest BCUT2D eigenvalue weighted by atomic mass is 32.2. The highest BCUT2D eigenvalue weighted by Crippen LogP contribution is 2.21. The Hall–Kier alpha value is -2.38. The van der Waals surface area contributed by atoms with Crippen LogP contribution in [0.3, 0.4) is 0 Å². The van der Waals surface area contributed by atoms with Crippen molar-refractivity contribution in [2.24, 2.45) is 5.73 Å². The van der Waals surface area contributed by atoms with Crippen LogP contribution in [0.15, 0.2) is 59.5 Å². The molecule has 0 bridgehead atoms. The van der Waals surface area contributed by atoms with E-state index in [1.165, 1.54) is 35.6 Å². The summed E-state index contributed by atoms with van der Waals surface area (Å²) in [4.78, 5) is 12.5. The van der Waals surface area contributed by atoms with Gasteiger partial charge in [-0.15, -0.1) is 0 Å². The smallest absolute Gasteiger partial charge is 0.264 e. The van der Waals surface area contributed by atoms with Crippen LogP contribution in [-0.4, -0.2) is 34.0 Å². The van der Waals surface area contributed by atoms with Crippen molar-refractivity contribution < 1.29 is 13.2 Å². The zero-order valence-electron chi connectivity index (χ0n) is 15.8. The second kappa shape index (κ2) is 9.53. The van der Waals surface area contributed by atoms with Crippen LogP contribution in [0.5, 0.6) is 0 Å². The third kappa shape index (κ3) is 5.30. The molecule has 0 aliphatic carbocycles. The van der Waals surface area contributed by atoms with Gasteiger partial charge in [0.05, 0.1) is 10.6 Å². The van der Waals surface area contributed by atoms with Crippen LogP contribution in [0, 0.1) is 0 Å². The first-order valence-corrected chi connectivity index (χ1v) is 10.5. The number of unbranched alkanes of at least 4 members (excludes halogenated alkanes) is 1. The summed E-state index contributed by atoms with van der Waals surface area (Å²) >= 11 is 0. The van der Waals surface area contributed by atoms with Gasteiger partial charge in [-0.2, -0.15) is 0 Å². The number of nitrogens with zero attached hydrogens (tertiary/aromatic N) is 1. The molecule has 2 rings (SSSR count). The van der Waals surface area contributed by atoms with Crippen LogP contribution in [0.25, 0.3) is 0 Å². The number of anilines is 1. The van der Waals surface area contributed by atoms with Crippen molar-refractivity contribution >= 4 is 21.6 Å². The van der Waals surface area contributed by atoms with Gasteiger partial charge in [0.25, 0.3) is 15.9 Å². The van der Waals surface area contributed by atoms with E-state index in [4.69, 9.17) is 5.73 Å². The van der Waals surface area contributed by atoms with Crippen LogP contribution in [0.2, 0.25) is 0 Å². The molecular formula is C20H27N3O3S. The molecule has 0 aromatic heterocycles. The van der Waals surface area contributed by atoms with Crippen molar-refractivity contribution in [2.45, 2.75) is 37.1 Å². The molecule has 27 heavy (non-hydrogen) atoms. The van der Waals surface area contributed by atoms with E-state index in [2.05, 4.69) is 12.2 Å². The molecule has 1 atom stereocenters. The molecule has 0 heterocycles. The van der Waals surface area contributed by atoms with E-state index < -0.39 is 10.0 Å². The summed E-state index contributed by atoms with van der Waals surface area (Å²) in [5.74, 6) is -0.248. The second-order valence-corrected chi connectivity index (χ2v) is 8.35. The minimum Gasteiger partial charge on any atom is -0.348 e. The van der Waals surface area contributed by atoms with Crippen LogP contribution < -0.4 is 15.4 Å². The van der Waals surface area contributed by atoms with Crippen molar-refractivity contribution in [1.29, 1.82) is 0 Å². The van der Waals surface area contributed by atoms with E-state index in [9.17, 15) is 13.2 Å². The minimum absolute atomic E-state index is 0.0786. The zero-order valence-corrected chi connectivity index (χ0v) is 16.6. The molecule has 3 N–H and O–H groups in total. The Morgan fingerprint density at radius 3 is 2.30 bits per heavy atom. The van der Waals surface area contributed by atoms with Gasteiger partial charge in [-0.1, -0.05) is 38.0 Å². The lowest BCUT2D eigenvalue weighted by Crippen LogP contribution is -2.40. The molecule has 146 valence electrons. The van der Waals surface area contributed by atoms with Crippen LogP contribution in [0.4, 0.5) is 5.69 Å². The molecule has 6 nitrogen and oxygen atoms in total. The fourth-order valence-corrected chi connectivity index (χ4v) is 3.88. The molecule has 1 unspecified atom stereocenters. The van der Waals surface area contributed by atoms with Crippen molar-refractivity contribution in [3.8, 4) is 0 Å². The van der Waals surface area contributed by atoms with Gasteiger partial charge in [0, 0.05) is 25.2 Å². The molecule has 0 spiro atoms. The van der Waals surface area contributed by atoms with Crippen molar-refractivity contribution in [3.05, 3.63) is 60.2 Å². The molecule has 0 radical (unpaired) electrons. The Morgan fingerprint density at radius 2 is 1.74 bits per heavy atom. The summed E-state index contributed by atoms with van der Waals surface area (Å²) in [7, 11) is -2.19. The van der Waals surface area contributed by atoms with Gasteiger partial charge in [0.2, 0.25) is 0 Å². The number of amides is 1. The Morgan fingerprint density at radius 1 is 1.11 bits per heavy atom. The third-order valence-electron chi connectivity index (χ3n) is 4.42. The van der Waals surface area contributed by atoms with E-state index in [-0.39, 0.29) is 16.8 Å². The van der Waals surface area contributed by atoms with Crippen LogP contribution in [-0.2, 0) is 10.0 Å². The maximum atomic E-state index is 12.8. The molecule has 0 aliphatic rings. The Bertz CT molecular complexity index is 837. The molecule has 0 aliphatic heterocycles. The molecule has 0 saturated carbocycles. The molecule has 0 saturated heterocycles. The normalized spacial score (nSPS) is 12.4. The van der Waals surface area contributed by atoms with Gasteiger partial charge in [0.1, 0.15) is 0 Å². The number of benzene rings is 2. The van der Waals surface area contributed by atoms with Crippen LogP contribution in [0.1, 0.15) is 36.5 Å². The number of rotatable bonds is 9. The Kier molecular flexibility index (Phi) is 7.38. The van der Waals surface area contributed by atoms with Gasteiger partial charge < -0.3 is 11.1 Å². The number of hydrogen-bond acceptors (Lipinski definition) is 4. The Balaban J connectivity index is 2.13. The maximum Gasteiger partial charge on any atom is 0.264 e. The van der Waals surface area contributed by atoms with Gasteiger partial charge in [-0.05, 0) is 42.8 Å². The number of carbonyl (C=O) groups is 1. The third-order valence-corrected chi connectivity index (χ3v) is 6.22. The zero-order chi connectivity index (χ0) is 19.9. The van der Waals surface area contributed by atoms with Crippen LogP contribution >= 0.6 is 0 Å². The van der Waals surface area contributed by atoms with Crippen molar-refractivity contribution in [2.75, 3.05) is 17.9 Å². The predicted octanol–water partition coefficient (Wildman–Crippen LogP) is 2.76. The molecule has 2 aromatic carbocycles. The molecule has 2 aromatic rings. The van der Waals surface area contributed by atoms with E-state index in [1.807, 2.05) is 6.07 Å². The summed E-state index contributed by atoms with van der Waals surface area (Å²) < 4.78 is 26.7. The quantitative estimate of drug-likeness (QED) is 0.690. The lowest BCUT2D eigenvalue weighted by molar-refractivity contribution is 0.0935. The Labute approximate surface area is 161 Å². The van der Waals surface area contributed by atoms with Gasteiger partial charge in [-0.3, -0.25) is 9.10 Å².